The SMILES string of the molecule is CCN(CC)C(=O)C1CCN(c2cccc3c2C(=O)N(CCc2cccc(OC)c2)C3=O)CC1. The average molecular weight is 464 g/mol. The van der Waals surface area contributed by atoms with Crippen LogP contribution in [0, 0.1) is 5.92 Å². The molecular weight excluding hydrogens is 430 g/mol. The molecule has 0 spiro atoms. The minimum absolute atomic E-state index is 0.0182. The van der Waals surface area contributed by atoms with E-state index in [1.165, 1.54) is 4.90 Å². The van der Waals surface area contributed by atoms with E-state index in [9.17, 15) is 14.4 Å². The maximum Gasteiger partial charge on any atom is 0.263 e. The molecule has 1 saturated heterocycles. The van der Waals surface area contributed by atoms with Gasteiger partial charge in [-0.1, -0.05) is 18.2 Å². The molecule has 0 atom stereocenters. The number of amides is 3. The normalized spacial score (nSPS) is 16.1. The molecule has 0 N–H and O–H groups in total. The second kappa shape index (κ2) is 10.3. The second-order valence-corrected chi connectivity index (χ2v) is 8.84. The molecule has 0 unspecified atom stereocenters. The van der Waals surface area contributed by atoms with Gasteiger partial charge in [0, 0.05) is 38.6 Å². The highest BCUT2D eigenvalue weighted by atomic mass is 16.5. The molecule has 7 nitrogen and oxygen atoms in total. The van der Waals surface area contributed by atoms with Crippen LogP contribution in [0.2, 0.25) is 0 Å². The lowest BCUT2D eigenvalue weighted by Gasteiger charge is -2.35. The predicted octanol–water partition coefficient (Wildman–Crippen LogP) is 3.62. The van der Waals surface area contributed by atoms with Crippen LogP contribution < -0.4 is 9.64 Å². The quantitative estimate of drug-likeness (QED) is 0.560. The minimum atomic E-state index is -0.239. The van der Waals surface area contributed by atoms with Crippen LogP contribution in [0.1, 0.15) is 53.0 Å². The number of carbonyl (C=O) groups is 3. The van der Waals surface area contributed by atoms with Gasteiger partial charge in [-0.05, 0) is 62.9 Å². The smallest absolute Gasteiger partial charge is 0.263 e. The summed E-state index contributed by atoms with van der Waals surface area (Å²) >= 11 is 0. The molecule has 2 aromatic rings. The van der Waals surface area contributed by atoms with Crippen molar-refractivity contribution in [1.82, 2.24) is 9.80 Å². The Morgan fingerprint density at radius 2 is 1.74 bits per heavy atom. The van der Waals surface area contributed by atoms with Crippen LogP contribution in [0.5, 0.6) is 5.75 Å². The number of hydrogen-bond acceptors (Lipinski definition) is 5. The molecule has 2 aliphatic rings. The van der Waals surface area contributed by atoms with Crippen molar-refractivity contribution in [2.75, 3.05) is 44.7 Å². The van der Waals surface area contributed by atoms with Gasteiger partial charge in [0.1, 0.15) is 5.75 Å². The molecule has 0 saturated carbocycles. The highest BCUT2D eigenvalue weighted by Crippen LogP contribution is 2.34. The van der Waals surface area contributed by atoms with Gasteiger partial charge in [0.25, 0.3) is 11.8 Å². The van der Waals surface area contributed by atoms with Crippen molar-refractivity contribution < 1.29 is 19.1 Å². The summed E-state index contributed by atoms with van der Waals surface area (Å²) in [5, 5.41) is 0. The van der Waals surface area contributed by atoms with Crippen molar-refractivity contribution in [3.8, 4) is 5.75 Å². The summed E-state index contributed by atoms with van der Waals surface area (Å²) in [5.41, 5.74) is 2.77. The average Bonchev–Trinajstić information content (AvgIpc) is 3.13. The Hall–Kier alpha value is -3.35. The van der Waals surface area contributed by atoms with E-state index in [2.05, 4.69) is 4.90 Å². The van der Waals surface area contributed by atoms with Gasteiger partial charge < -0.3 is 14.5 Å². The predicted molar refractivity (Wildman–Crippen MR) is 131 cm³/mol. The van der Waals surface area contributed by atoms with Crippen molar-refractivity contribution in [1.29, 1.82) is 0 Å². The van der Waals surface area contributed by atoms with E-state index in [-0.39, 0.29) is 23.6 Å². The first-order valence-corrected chi connectivity index (χ1v) is 12.1. The first-order valence-electron chi connectivity index (χ1n) is 12.1. The zero-order valence-corrected chi connectivity index (χ0v) is 20.3. The van der Waals surface area contributed by atoms with Crippen LogP contribution in [-0.2, 0) is 11.2 Å². The summed E-state index contributed by atoms with van der Waals surface area (Å²) in [6.07, 6.45) is 2.07. The molecule has 180 valence electrons. The zero-order chi connectivity index (χ0) is 24.2. The number of fused-ring (bicyclic) bond motifs is 1. The molecule has 2 heterocycles. The Morgan fingerprint density at radius 1 is 1.03 bits per heavy atom. The molecule has 34 heavy (non-hydrogen) atoms. The fourth-order valence-electron chi connectivity index (χ4n) is 5.01. The zero-order valence-electron chi connectivity index (χ0n) is 20.3. The first-order chi connectivity index (χ1) is 16.5. The molecule has 1 fully saturated rings. The topological polar surface area (TPSA) is 70.2 Å². The highest BCUT2D eigenvalue weighted by Gasteiger charge is 2.39. The summed E-state index contributed by atoms with van der Waals surface area (Å²) in [6.45, 7) is 7.17. The molecule has 0 aliphatic carbocycles. The van der Waals surface area contributed by atoms with Crippen LogP contribution in [0.4, 0.5) is 5.69 Å². The van der Waals surface area contributed by atoms with Gasteiger partial charge in [-0.25, -0.2) is 0 Å². The molecule has 0 radical (unpaired) electrons. The van der Waals surface area contributed by atoms with Crippen LogP contribution in [0.15, 0.2) is 42.5 Å². The molecule has 2 aromatic carbocycles. The number of anilines is 1. The van der Waals surface area contributed by atoms with Crippen LogP contribution in [-0.4, -0.2) is 67.4 Å². The fourth-order valence-corrected chi connectivity index (χ4v) is 5.01. The lowest BCUT2D eigenvalue weighted by molar-refractivity contribution is -0.135. The lowest BCUT2D eigenvalue weighted by Crippen LogP contribution is -2.43. The molecule has 2 aliphatic heterocycles. The molecule has 7 heteroatoms. The van der Waals surface area contributed by atoms with Crippen molar-refractivity contribution in [3.05, 3.63) is 59.2 Å². The van der Waals surface area contributed by atoms with Crippen LogP contribution in [0.3, 0.4) is 0 Å². The van der Waals surface area contributed by atoms with E-state index in [0.29, 0.717) is 37.2 Å². The van der Waals surface area contributed by atoms with Crippen LogP contribution >= 0.6 is 0 Å². The van der Waals surface area contributed by atoms with Gasteiger partial charge in [-0.15, -0.1) is 0 Å². The second-order valence-electron chi connectivity index (χ2n) is 8.84. The Labute approximate surface area is 201 Å². The third-order valence-corrected chi connectivity index (χ3v) is 7.00. The Kier molecular flexibility index (Phi) is 7.20. The number of carbonyl (C=O) groups excluding carboxylic acids is 3. The maximum atomic E-state index is 13.3. The minimum Gasteiger partial charge on any atom is -0.497 e. The largest absolute Gasteiger partial charge is 0.497 e. The number of hydrogen-bond donors (Lipinski definition) is 0. The van der Waals surface area contributed by atoms with E-state index in [1.807, 2.05) is 55.1 Å². The van der Waals surface area contributed by atoms with E-state index < -0.39 is 0 Å². The fraction of sp³-hybridized carbons (Fsp3) is 0.444. The third-order valence-electron chi connectivity index (χ3n) is 7.00. The van der Waals surface area contributed by atoms with Crippen molar-refractivity contribution in [3.63, 3.8) is 0 Å². The number of ether oxygens (including phenoxy) is 1. The first kappa shape index (κ1) is 23.8. The number of benzene rings is 2. The van der Waals surface area contributed by atoms with Crippen molar-refractivity contribution in [2.24, 2.45) is 5.92 Å². The third kappa shape index (κ3) is 4.52. The van der Waals surface area contributed by atoms with Gasteiger partial charge in [0.2, 0.25) is 5.91 Å². The van der Waals surface area contributed by atoms with E-state index >= 15 is 0 Å². The standard InChI is InChI=1S/C27H33N3O4/c1-4-28(5-2)25(31)20-13-15-29(16-14-20)23-11-7-10-22-24(23)27(33)30(26(22)32)17-12-19-8-6-9-21(18-19)34-3/h6-11,18,20H,4-5,12-17H2,1-3H3. The van der Waals surface area contributed by atoms with Gasteiger partial charge in [-0.2, -0.15) is 0 Å². The molecule has 0 bridgehead atoms. The Morgan fingerprint density at radius 3 is 2.41 bits per heavy atom. The van der Waals surface area contributed by atoms with Gasteiger partial charge >= 0.3 is 0 Å². The van der Waals surface area contributed by atoms with Crippen molar-refractivity contribution >= 4 is 23.4 Å². The Bertz CT molecular complexity index is 1070. The van der Waals surface area contributed by atoms with E-state index in [1.54, 1.807) is 13.2 Å². The van der Waals surface area contributed by atoms with Crippen molar-refractivity contribution in [2.45, 2.75) is 33.1 Å². The summed E-state index contributed by atoms with van der Waals surface area (Å²) in [4.78, 5) is 44.6. The molecule has 3 amide bonds. The monoisotopic (exact) mass is 463 g/mol. The number of rotatable bonds is 8. The summed E-state index contributed by atoms with van der Waals surface area (Å²) in [6, 6.07) is 13.2. The summed E-state index contributed by atoms with van der Waals surface area (Å²) in [5.74, 6) is 0.517. The number of imide groups is 1. The molecule has 4 rings (SSSR count). The molecule has 0 aromatic heterocycles. The van der Waals surface area contributed by atoms with Gasteiger partial charge in [0.15, 0.2) is 0 Å². The number of methoxy groups -OCH3 is 1. The summed E-state index contributed by atoms with van der Waals surface area (Å²) in [7, 11) is 1.62. The lowest BCUT2D eigenvalue weighted by atomic mass is 9.94. The maximum absolute atomic E-state index is 13.3. The van der Waals surface area contributed by atoms with Gasteiger partial charge in [-0.3, -0.25) is 19.3 Å². The number of nitrogens with zero attached hydrogens (tertiary/aromatic N) is 3. The number of piperidine rings is 1. The highest BCUT2D eigenvalue weighted by molar-refractivity contribution is 6.23. The Balaban J connectivity index is 1.46. The van der Waals surface area contributed by atoms with E-state index in [0.717, 1.165) is 42.9 Å². The van der Waals surface area contributed by atoms with E-state index in [4.69, 9.17) is 4.74 Å². The summed E-state index contributed by atoms with van der Waals surface area (Å²) < 4.78 is 5.27. The van der Waals surface area contributed by atoms with Crippen LogP contribution in [0.25, 0.3) is 0 Å². The van der Waals surface area contributed by atoms with Gasteiger partial charge in [0.05, 0.1) is 23.9 Å². The molecular formula is C27H33N3O4.